The van der Waals surface area contributed by atoms with Crippen LogP contribution in [0, 0.1) is 6.92 Å². The van der Waals surface area contributed by atoms with Crippen LogP contribution in [0.15, 0.2) is 40.1 Å². The van der Waals surface area contributed by atoms with Gasteiger partial charge in [0.25, 0.3) is 0 Å². The maximum atomic E-state index is 12.0. The molecule has 4 nitrogen and oxygen atoms in total. The molecule has 0 saturated heterocycles. The molecule has 0 saturated carbocycles. The highest BCUT2D eigenvalue weighted by Gasteiger charge is 2.13. The van der Waals surface area contributed by atoms with E-state index in [1.807, 2.05) is 19.1 Å². The normalized spacial score (nSPS) is 12.3. The minimum absolute atomic E-state index is 0.290. The number of hydrogen-bond donors (Lipinski definition) is 1. The van der Waals surface area contributed by atoms with Gasteiger partial charge in [0.05, 0.1) is 6.10 Å². The summed E-state index contributed by atoms with van der Waals surface area (Å²) in [4.78, 5) is 12.0. The van der Waals surface area contributed by atoms with Crippen LogP contribution in [-0.2, 0) is 6.42 Å². The molecule has 1 aromatic carbocycles. The van der Waals surface area contributed by atoms with Gasteiger partial charge in [0.1, 0.15) is 17.9 Å². The van der Waals surface area contributed by atoms with E-state index in [4.69, 9.17) is 9.15 Å². The highest BCUT2D eigenvalue weighted by atomic mass is 16.5. The van der Waals surface area contributed by atoms with Crippen molar-refractivity contribution in [1.82, 2.24) is 0 Å². The molecule has 2 rings (SSSR count). The van der Waals surface area contributed by atoms with Crippen molar-refractivity contribution in [1.29, 1.82) is 0 Å². The van der Waals surface area contributed by atoms with Crippen molar-refractivity contribution in [2.45, 2.75) is 26.4 Å². The first-order chi connectivity index (χ1) is 9.52. The van der Waals surface area contributed by atoms with Gasteiger partial charge in [-0.3, -0.25) is 0 Å². The van der Waals surface area contributed by atoms with Crippen LogP contribution in [0.4, 0.5) is 0 Å². The fraction of sp³-hybridized carbons (Fsp3) is 0.312. The molecule has 0 radical (unpaired) electrons. The van der Waals surface area contributed by atoms with Gasteiger partial charge in [-0.05, 0) is 31.5 Å². The lowest BCUT2D eigenvalue weighted by atomic mass is 10.0. The first-order valence-electron chi connectivity index (χ1n) is 6.51. The molecule has 0 amide bonds. The Balaban J connectivity index is 2.52. The molecule has 0 aliphatic heterocycles. The molecule has 1 aromatic heterocycles. The quantitative estimate of drug-likeness (QED) is 0.672. The molecule has 0 fully saturated rings. The van der Waals surface area contributed by atoms with Crippen LogP contribution in [0.3, 0.4) is 0 Å². The lowest BCUT2D eigenvalue weighted by Crippen LogP contribution is -2.16. The summed E-state index contributed by atoms with van der Waals surface area (Å²) in [6.07, 6.45) is 1.36. The Hall–Kier alpha value is -2.07. The smallest absolute Gasteiger partial charge is 0.339 e. The van der Waals surface area contributed by atoms with Crippen LogP contribution in [0.25, 0.3) is 11.0 Å². The molecule has 1 atom stereocenters. The summed E-state index contributed by atoms with van der Waals surface area (Å²) in [5.74, 6) is 0.628. The van der Waals surface area contributed by atoms with Gasteiger partial charge >= 0.3 is 5.63 Å². The number of aliphatic hydroxyl groups excluding tert-OH is 1. The summed E-state index contributed by atoms with van der Waals surface area (Å²) >= 11 is 0. The molecule has 0 aliphatic carbocycles. The molecule has 0 spiro atoms. The van der Waals surface area contributed by atoms with Crippen LogP contribution in [0.2, 0.25) is 0 Å². The zero-order chi connectivity index (χ0) is 14.7. The SMILES string of the molecule is C=CCOc1ccc2c(C)c(CC(C)O)c(=O)oc2c1. The summed E-state index contributed by atoms with van der Waals surface area (Å²) in [6.45, 7) is 7.49. The third-order valence-corrected chi connectivity index (χ3v) is 3.13. The Labute approximate surface area is 117 Å². The summed E-state index contributed by atoms with van der Waals surface area (Å²) in [6, 6.07) is 5.38. The van der Waals surface area contributed by atoms with Crippen molar-refractivity contribution in [2.24, 2.45) is 0 Å². The van der Waals surface area contributed by atoms with E-state index >= 15 is 0 Å². The van der Waals surface area contributed by atoms with E-state index < -0.39 is 11.7 Å². The predicted molar refractivity (Wildman–Crippen MR) is 78.3 cm³/mol. The van der Waals surface area contributed by atoms with Gasteiger partial charge in [-0.2, -0.15) is 0 Å². The molecule has 1 heterocycles. The summed E-state index contributed by atoms with van der Waals surface area (Å²) in [5.41, 5.74) is 1.44. The third-order valence-electron chi connectivity index (χ3n) is 3.13. The van der Waals surface area contributed by atoms with Crippen LogP contribution in [0.1, 0.15) is 18.1 Å². The number of aryl methyl sites for hydroxylation is 1. The number of rotatable bonds is 5. The zero-order valence-electron chi connectivity index (χ0n) is 11.7. The Morgan fingerprint density at radius 1 is 1.50 bits per heavy atom. The molecular formula is C16H18O4. The van der Waals surface area contributed by atoms with Crippen molar-refractivity contribution in [3.05, 3.63) is 52.4 Å². The lowest BCUT2D eigenvalue weighted by Gasteiger charge is -2.10. The summed E-state index contributed by atoms with van der Waals surface area (Å²) in [5, 5.41) is 10.3. The molecule has 20 heavy (non-hydrogen) atoms. The monoisotopic (exact) mass is 274 g/mol. The first kappa shape index (κ1) is 14.3. The minimum atomic E-state index is -0.579. The molecule has 2 aromatic rings. The van der Waals surface area contributed by atoms with E-state index in [2.05, 4.69) is 6.58 Å². The van der Waals surface area contributed by atoms with Crippen LogP contribution in [-0.4, -0.2) is 17.8 Å². The van der Waals surface area contributed by atoms with Gasteiger partial charge in [-0.15, -0.1) is 0 Å². The van der Waals surface area contributed by atoms with Gasteiger partial charge in [0.15, 0.2) is 0 Å². The molecule has 1 N–H and O–H groups in total. The molecule has 0 bridgehead atoms. The Morgan fingerprint density at radius 3 is 2.90 bits per heavy atom. The molecular weight excluding hydrogens is 256 g/mol. The van der Waals surface area contributed by atoms with Crippen molar-refractivity contribution < 1.29 is 14.3 Å². The van der Waals surface area contributed by atoms with E-state index in [0.29, 0.717) is 29.9 Å². The minimum Gasteiger partial charge on any atom is -0.489 e. The van der Waals surface area contributed by atoms with Gasteiger partial charge in [-0.25, -0.2) is 4.79 Å². The summed E-state index contributed by atoms with van der Waals surface area (Å²) < 4.78 is 10.7. The maximum Gasteiger partial charge on any atom is 0.339 e. The Kier molecular flexibility index (Phi) is 4.25. The highest BCUT2D eigenvalue weighted by molar-refractivity contribution is 5.82. The van der Waals surface area contributed by atoms with Crippen molar-refractivity contribution in [2.75, 3.05) is 6.61 Å². The standard InChI is InChI=1S/C16H18O4/c1-4-7-19-12-5-6-13-11(3)14(8-10(2)17)16(18)20-15(13)9-12/h4-6,9-10,17H,1,7-8H2,2-3H3. The third kappa shape index (κ3) is 2.91. The first-order valence-corrected chi connectivity index (χ1v) is 6.51. The van der Waals surface area contributed by atoms with Crippen molar-refractivity contribution in [3.63, 3.8) is 0 Å². The average molecular weight is 274 g/mol. The molecule has 1 unspecified atom stereocenters. The predicted octanol–water partition coefficient (Wildman–Crippen LogP) is 2.59. The lowest BCUT2D eigenvalue weighted by molar-refractivity contribution is 0.194. The van der Waals surface area contributed by atoms with E-state index in [1.54, 1.807) is 19.1 Å². The second-order valence-electron chi connectivity index (χ2n) is 4.80. The fourth-order valence-electron chi connectivity index (χ4n) is 2.15. The van der Waals surface area contributed by atoms with E-state index in [0.717, 1.165) is 10.9 Å². The van der Waals surface area contributed by atoms with Crippen molar-refractivity contribution >= 4 is 11.0 Å². The fourth-order valence-corrected chi connectivity index (χ4v) is 2.15. The summed E-state index contributed by atoms with van der Waals surface area (Å²) in [7, 11) is 0. The zero-order valence-corrected chi connectivity index (χ0v) is 11.7. The number of ether oxygens (including phenoxy) is 1. The Morgan fingerprint density at radius 2 is 2.25 bits per heavy atom. The van der Waals surface area contributed by atoms with Gasteiger partial charge in [0.2, 0.25) is 0 Å². The number of fused-ring (bicyclic) bond motifs is 1. The van der Waals surface area contributed by atoms with E-state index in [1.165, 1.54) is 0 Å². The highest BCUT2D eigenvalue weighted by Crippen LogP contribution is 2.24. The number of benzene rings is 1. The average Bonchev–Trinajstić information content (AvgIpc) is 2.40. The molecule has 4 heteroatoms. The van der Waals surface area contributed by atoms with Crippen LogP contribution in [0.5, 0.6) is 5.75 Å². The van der Waals surface area contributed by atoms with Gasteiger partial charge in [0, 0.05) is 23.4 Å². The number of aliphatic hydroxyl groups is 1. The van der Waals surface area contributed by atoms with Crippen molar-refractivity contribution in [3.8, 4) is 5.75 Å². The van der Waals surface area contributed by atoms with Gasteiger partial charge in [-0.1, -0.05) is 12.7 Å². The van der Waals surface area contributed by atoms with Crippen LogP contribution < -0.4 is 10.4 Å². The largest absolute Gasteiger partial charge is 0.489 e. The molecule has 106 valence electrons. The van der Waals surface area contributed by atoms with Gasteiger partial charge < -0.3 is 14.3 Å². The Bertz CT molecular complexity index is 683. The van der Waals surface area contributed by atoms with E-state index in [-0.39, 0.29) is 0 Å². The van der Waals surface area contributed by atoms with Crippen LogP contribution >= 0.6 is 0 Å². The maximum absolute atomic E-state index is 12.0. The number of hydrogen-bond acceptors (Lipinski definition) is 4. The van der Waals surface area contributed by atoms with E-state index in [9.17, 15) is 9.90 Å². The second-order valence-corrected chi connectivity index (χ2v) is 4.80. The second kappa shape index (κ2) is 5.92. The topological polar surface area (TPSA) is 59.7 Å². The molecule has 0 aliphatic rings.